The number of hydrogen-bond acceptors (Lipinski definition) is 6. The number of esters is 2. The van der Waals surface area contributed by atoms with Gasteiger partial charge in [0, 0.05) is 13.0 Å². The Hall–Kier alpha value is -1.63. The van der Waals surface area contributed by atoms with E-state index < -0.39 is 29.5 Å². The minimum Gasteiger partial charge on any atom is -0.467 e. The zero-order chi connectivity index (χ0) is 16.5. The van der Waals surface area contributed by atoms with Crippen LogP contribution in [0.4, 0.5) is 0 Å². The third kappa shape index (κ3) is 9.84. The van der Waals surface area contributed by atoms with Crippen LogP contribution >= 0.6 is 0 Å². The highest BCUT2D eigenvalue weighted by Crippen LogP contribution is 2.10. The van der Waals surface area contributed by atoms with Crippen LogP contribution in [0, 0.1) is 0 Å². The summed E-state index contributed by atoms with van der Waals surface area (Å²) in [6.07, 6.45) is 0.116. The fourth-order valence-corrected chi connectivity index (χ4v) is 1.48. The molecule has 0 unspecified atom stereocenters. The van der Waals surface area contributed by atoms with E-state index in [0.717, 1.165) is 0 Å². The van der Waals surface area contributed by atoms with Crippen LogP contribution < -0.4 is 5.32 Å². The van der Waals surface area contributed by atoms with E-state index in [-0.39, 0.29) is 19.4 Å². The van der Waals surface area contributed by atoms with Gasteiger partial charge in [0.25, 0.3) is 0 Å². The summed E-state index contributed by atoms with van der Waals surface area (Å²) >= 11 is 0. The lowest BCUT2D eigenvalue weighted by atomic mass is 10.1. The second-order valence-electron chi connectivity index (χ2n) is 5.41. The van der Waals surface area contributed by atoms with Crippen LogP contribution in [0.25, 0.3) is 0 Å². The Bertz CT molecular complexity index is 361. The topological polar surface area (TPSA) is 90.9 Å². The third-order valence-electron chi connectivity index (χ3n) is 2.32. The maximum Gasteiger partial charge on any atom is 0.328 e. The summed E-state index contributed by atoms with van der Waals surface area (Å²) in [6.45, 7) is 7.28. The molecule has 0 fully saturated rings. The molecule has 122 valence electrons. The highest BCUT2D eigenvalue weighted by Gasteiger charge is 2.24. The van der Waals surface area contributed by atoms with Gasteiger partial charge in [0.05, 0.1) is 7.11 Å². The van der Waals surface area contributed by atoms with E-state index in [1.807, 2.05) is 0 Å². The van der Waals surface area contributed by atoms with E-state index in [4.69, 9.17) is 9.47 Å². The maximum absolute atomic E-state index is 11.6. The number of carbonyl (C=O) groups excluding carboxylic acids is 3. The van der Waals surface area contributed by atoms with Gasteiger partial charge < -0.3 is 19.5 Å². The van der Waals surface area contributed by atoms with E-state index in [2.05, 4.69) is 10.1 Å². The molecule has 1 N–H and O–H groups in total. The first-order chi connectivity index (χ1) is 9.69. The largest absolute Gasteiger partial charge is 0.467 e. The molecule has 0 bridgehead atoms. The van der Waals surface area contributed by atoms with Crippen LogP contribution in [0.3, 0.4) is 0 Å². The Morgan fingerprint density at radius 1 is 1.19 bits per heavy atom. The molecular formula is C14H25NO6. The van der Waals surface area contributed by atoms with Crippen molar-refractivity contribution in [2.75, 3.05) is 20.3 Å². The van der Waals surface area contributed by atoms with E-state index in [9.17, 15) is 14.4 Å². The highest BCUT2D eigenvalue weighted by atomic mass is 16.6. The Kier molecular flexibility index (Phi) is 8.61. The number of carbonyl (C=O) groups is 3. The van der Waals surface area contributed by atoms with Gasteiger partial charge in [-0.1, -0.05) is 0 Å². The van der Waals surface area contributed by atoms with Crippen molar-refractivity contribution in [2.45, 2.75) is 52.2 Å². The Labute approximate surface area is 125 Å². The van der Waals surface area contributed by atoms with Crippen molar-refractivity contribution in [3.8, 4) is 0 Å². The first-order valence-electron chi connectivity index (χ1n) is 6.86. The summed E-state index contributed by atoms with van der Waals surface area (Å²) in [7, 11) is 1.22. The molecule has 21 heavy (non-hydrogen) atoms. The van der Waals surface area contributed by atoms with Gasteiger partial charge in [-0.2, -0.15) is 0 Å². The molecule has 0 aliphatic carbocycles. The predicted molar refractivity (Wildman–Crippen MR) is 75.5 cm³/mol. The van der Waals surface area contributed by atoms with Gasteiger partial charge >= 0.3 is 11.9 Å². The molecule has 0 aliphatic heterocycles. The van der Waals surface area contributed by atoms with Crippen molar-refractivity contribution in [2.24, 2.45) is 0 Å². The van der Waals surface area contributed by atoms with Crippen LogP contribution in [0.1, 0.15) is 40.5 Å². The minimum absolute atomic E-state index is 0.00590. The van der Waals surface area contributed by atoms with Gasteiger partial charge in [0.2, 0.25) is 5.91 Å². The molecule has 1 amide bonds. The van der Waals surface area contributed by atoms with E-state index in [1.54, 1.807) is 27.7 Å². The number of rotatable bonds is 8. The smallest absolute Gasteiger partial charge is 0.328 e. The van der Waals surface area contributed by atoms with Crippen LogP contribution in [0.15, 0.2) is 0 Å². The Balaban J connectivity index is 4.40. The van der Waals surface area contributed by atoms with E-state index in [0.29, 0.717) is 6.61 Å². The molecule has 7 nitrogen and oxygen atoms in total. The minimum atomic E-state index is -0.893. The van der Waals surface area contributed by atoms with Crippen molar-refractivity contribution in [3.05, 3.63) is 0 Å². The lowest BCUT2D eigenvalue weighted by Gasteiger charge is -2.21. The fraction of sp³-hybridized carbons (Fsp3) is 0.786. The summed E-state index contributed by atoms with van der Waals surface area (Å²) < 4.78 is 14.7. The monoisotopic (exact) mass is 303 g/mol. The number of ether oxygens (including phenoxy) is 3. The molecule has 1 atom stereocenters. The molecular weight excluding hydrogens is 278 g/mol. The van der Waals surface area contributed by atoms with Gasteiger partial charge in [-0.05, 0) is 34.1 Å². The first-order valence-corrected chi connectivity index (χ1v) is 6.86. The van der Waals surface area contributed by atoms with Gasteiger partial charge in [0.1, 0.15) is 18.2 Å². The molecule has 0 saturated heterocycles. The van der Waals surface area contributed by atoms with Crippen LogP contribution in [-0.4, -0.2) is 49.8 Å². The Morgan fingerprint density at radius 2 is 1.81 bits per heavy atom. The Morgan fingerprint density at radius 3 is 2.29 bits per heavy atom. The SMILES string of the molecule is CCOCC(=O)N[C@@H](CCC(=O)OC(C)(C)C)C(=O)OC. The van der Waals surface area contributed by atoms with Crippen LogP contribution in [0.5, 0.6) is 0 Å². The van der Waals surface area contributed by atoms with Gasteiger partial charge in [-0.15, -0.1) is 0 Å². The molecule has 0 saturated carbocycles. The maximum atomic E-state index is 11.6. The highest BCUT2D eigenvalue weighted by molar-refractivity contribution is 5.85. The second kappa shape index (κ2) is 9.33. The third-order valence-corrected chi connectivity index (χ3v) is 2.32. The molecule has 0 radical (unpaired) electrons. The van der Waals surface area contributed by atoms with Crippen molar-refractivity contribution < 1.29 is 28.6 Å². The molecule has 0 rings (SSSR count). The summed E-state index contributed by atoms with van der Waals surface area (Å²) in [4.78, 5) is 34.8. The predicted octanol–water partition coefficient (Wildman–Crippen LogP) is 0.803. The summed E-state index contributed by atoms with van der Waals surface area (Å²) in [5.41, 5.74) is -0.587. The van der Waals surface area contributed by atoms with E-state index in [1.165, 1.54) is 7.11 Å². The normalized spacial score (nSPS) is 12.4. The standard InChI is InChI=1S/C14H25NO6/c1-6-20-9-11(16)15-10(13(18)19-5)7-8-12(17)21-14(2,3)4/h10H,6-9H2,1-5H3,(H,15,16)/t10-/m0/s1. The lowest BCUT2D eigenvalue weighted by Crippen LogP contribution is -2.43. The number of methoxy groups -OCH3 is 1. The summed E-state index contributed by atoms with van der Waals surface area (Å²) in [5.74, 6) is -1.48. The summed E-state index contributed by atoms with van der Waals surface area (Å²) in [5, 5.41) is 2.47. The zero-order valence-electron chi connectivity index (χ0n) is 13.4. The molecule has 0 spiro atoms. The van der Waals surface area contributed by atoms with Crippen LogP contribution in [-0.2, 0) is 28.6 Å². The quantitative estimate of drug-likeness (QED) is 0.667. The second-order valence-corrected chi connectivity index (χ2v) is 5.41. The average Bonchev–Trinajstić information content (AvgIpc) is 2.38. The molecule has 0 aromatic carbocycles. The van der Waals surface area contributed by atoms with Crippen LogP contribution in [0.2, 0.25) is 0 Å². The molecule has 0 heterocycles. The van der Waals surface area contributed by atoms with Crippen molar-refractivity contribution in [1.82, 2.24) is 5.32 Å². The molecule has 0 aromatic rings. The number of amides is 1. The number of hydrogen-bond donors (Lipinski definition) is 1. The van der Waals surface area contributed by atoms with Crippen molar-refractivity contribution in [1.29, 1.82) is 0 Å². The van der Waals surface area contributed by atoms with Gasteiger partial charge in [0.15, 0.2) is 0 Å². The lowest BCUT2D eigenvalue weighted by molar-refractivity contribution is -0.155. The van der Waals surface area contributed by atoms with Gasteiger partial charge in [-0.3, -0.25) is 9.59 Å². The van der Waals surface area contributed by atoms with E-state index >= 15 is 0 Å². The summed E-state index contributed by atoms with van der Waals surface area (Å²) in [6, 6.07) is -0.893. The zero-order valence-corrected chi connectivity index (χ0v) is 13.4. The van der Waals surface area contributed by atoms with Gasteiger partial charge in [-0.25, -0.2) is 4.79 Å². The molecule has 7 heteroatoms. The molecule has 0 aromatic heterocycles. The van der Waals surface area contributed by atoms with Crippen molar-refractivity contribution >= 4 is 17.8 Å². The van der Waals surface area contributed by atoms with Crippen molar-refractivity contribution in [3.63, 3.8) is 0 Å². The molecule has 0 aliphatic rings. The fourth-order valence-electron chi connectivity index (χ4n) is 1.48. The average molecular weight is 303 g/mol. The first kappa shape index (κ1) is 19.4. The number of nitrogens with one attached hydrogen (secondary N) is 1.